The van der Waals surface area contributed by atoms with Crippen LogP contribution < -0.4 is 14.4 Å². The third-order valence-electron chi connectivity index (χ3n) is 6.31. The summed E-state index contributed by atoms with van der Waals surface area (Å²) in [4.78, 5) is 19.7. The highest BCUT2D eigenvalue weighted by Gasteiger charge is 2.31. The molecule has 6 nitrogen and oxygen atoms in total. The number of carbonyl (C=O) groups excluding carboxylic acids is 1. The van der Waals surface area contributed by atoms with Crippen molar-refractivity contribution in [3.8, 4) is 11.5 Å². The molecule has 1 amide bonds. The third kappa shape index (κ3) is 4.77. The van der Waals surface area contributed by atoms with Crippen molar-refractivity contribution >= 4 is 11.6 Å². The number of ether oxygens (including phenoxy) is 2. The van der Waals surface area contributed by atoms with E-state index in [1.807, 2.05) is 17.0 Å². The molecule has 2 aromatic carbocycles. The van der Waals surface area contributed by atoms with Gasteiger partial charge in [-0.25, -0.2) is 4.39 Å². The Labute approximate surface area is 183 Å². The first-order valence-corrected chi connectivity index (χ1v) is 10.8. The molecule has 1 atom stereocenters. The number of hydrogen-bond donors (Lipinski definition) is 0. The summed E-state index contributed by atoms with van der Waals surface area (Å²) in [6.45, 7) is 4.78. The molecule has 0 spiro atoms. The van der Waals surface area contributed by atoms with Gasteiger partial charge in [-0.2, -0.15) is 0 Å². The average molecular weight is 428 g/mol. The van der Waals surface area contributed by atoms with E-state index in [0.29, 0.717) is 35.3 Å². The second-order valence-corrected chi connectivity index (χ2v) is 8.12. The summed E-state index contributed by atoms with van der Waals surface area (Å²) in [6, 6.07) is 12.6. The molecule has 31 heavy (non-hydrogen) atoms. The number of carbonyl (C=O) groups is 1. The van der Waals surface area contributed by atoms with Crippen LogP contribution in [0.3, 0.4) is 0 Å². The lowest BCUT2D eigenvalue weighted by atomic mass is 10.0. The number of anilines is 1. The summed E-state index contributed by atoms with van der Waals surface area (Å²) in [5.41, 5.74) is 1.26. The van der Waals surface area contributed by atoms with Crippen LogP contribution in [0, 0.1) is 5.82 Å². The minimum atomic E-state index is -0.167. The predicted octanol–water partition coefficient (Wildman–Crippen LogP) is 3.27. The van der Waals surface area contributed by atoms with Gasteiger partial charge in [0.1, 0.15) is 17.3 Å². The second-order valence-electron chi connectivity index (χ2n) is 8.12. The molecule has 0 aromatic heterocycles. The lowest BCUT2D eigenvalue weighted by Gasteiger charge is -2.44. The Hall–Kier alpha value is -2.80. The largest absolute Gasteiger partial charge is 0.497 e. The zero-order valence-corrected chi connectivity index (χ0v) is 18.2. The number of nitrogens with zero attached hydrogens (tertiary/aromatic N) is 3. The van der Waals surface area contributed by atoms with Crippen LogP contribution in [0.1, 0.15) is 23.2 Å². The number of amides is 1. The molecule has 0 aliphatic carbocycles. The Balaban J connectivity index is 1.39. The zero-order chi connectivity index (χ0) is 21.8. The van der Waals surface area contributed by atoms with Crippen LogP contribution in [0.25, 0.3) is 0 Å². The zero-order valence-electron chi connectivity index (χ0n) is 18.2. The van der Waals surface area contributed by atoms with Crippen molar-refractivity contribution < 1.29 is 18.7 Å². The van der Waals surface area contributed by atoms with Gasteiger partial charge in [0.25, 0.3) is 5.91 Å². The van der Waals surface area contributed by atoms with Crippen LogP contribution in [-0.4, -0.2) is 75.2 Å². The van der Waals surface area contributed by atoms with Gasteiger partial charge in [-0.15, -0.1) is 0 Å². The van der Waals surface area contributed by atoms with E-state index in [0.717, 1.165) is 45.6 Å². The molecule has 0 saturated carbocycles. The number of rotatable bonds is 5. The summed E-state index contributed by atoms with van der Waals surface area (Å²) in [5.74, 6) is 1.06. The topological polar surface area (TPSA) is 45.3 Å². The minimum Gasteiger partial charge on any atom is -0.497 e. The van der Waals surface area contributed by atoms with E-state index in [9.17, 15) is 9.18 Å². The number of piperazine rings is 1. The SMILES string of the molecule is COc1cc(OC)cc(C(=O)N2CCC[C@H](N3CCN(c4ccccc4F)CC3)C2)c1. The van der Waals surface area contributed by atoms with E-state index in [1.54, 1.807) is 38.5 Å². The molecular formula is C24H30FN3O3. The van der Waals surface area contributed by atoms with E-state index in [4.69, 9.17) is 9.47 Å². The van der Waals surface area contributed by atoms with Crippen LogP contribution in [-0.2, 0) is 0 Å². The smallest absolute Gasteiger partial charge is 0.254 e. The fourth-order valence-corrected chi connectivity index (χ4v) is 4.59. The van der Waals surface area contributed by atoms with Gasteiger partial charge in [-0.05, 0) is 37.1 Å². The van der Waals surface area contributed by atoms with Crippen molar-refractivity contribution in [1.82, 2.24) is 9.80 Å². The van der Waals surface area contributed by atoms with Crippen molar-refractivity contribution in [1.29, 1.82) is 0 Å². The molecule has 0 unspecified atom stereocenters. The Kier molecular flexibility index (Phi) is 6.61. The first-order chi connectivity index (χ1) is 15.1. The number of likely N-dealkylation sites (tertiary alicyclic amines) is 1. The highest BCUT2D eigenvalue weighted by atomic mass is 19.1. The standard InChI is InChI=1S/C24H30FN3O3/c1-30-20-14-18(15-21(16-20)31-2)24(29)28-9-5-6-19(17-28)26-10-12-27(13-11-26)23-8-4-3-7-22(23)25/h3-4,7-8,14-16,19H,5-6,9-13,17H2,1-2H3/t19-/m0/s1. The van der Waals surface area contributed by atoms with E-state index in [-0.39, 0.29) is 11.7 Å². The molecule has 7 heteroatoms. The van der Waals surface area contributed by atoms with Gasteiger partial charge in [0.2, 0.25) is 0 Å². The van der Waals surface area contributed by atoms with E-state index >= 15 is 0 Å². The summed E-state index contributed by atoms with van der Waals surface area (Å²) in [7, 11) is 3.17. The first-order valence-electron chi connectivity index (χ1n) is 10.8. The lowest BCUT2D eigenvalue weighted by Crippen LogP contribution is -2.56. The average Bonchev–Trinajstić information content (AvgIpc) is 2.83. The van der Waals surface area contributed by atoms with E-state index in [1.165, 1.54) is 6.07 Å². The van der Waals surface area contributed by atoms with E-state index in [2.05, 4.69) is 9.80 Å². The lowest BCUT2D eigenvalue weighted by molar-refractivity contribution is 0.0562. The number of methoxy groups -OCH3 is 2. The number of hydrogen-bond acceptors (Lipinski definition) is 5. The molecule has 0 radical (unpaired) electrons. The Morgan fingerprint density at radius 1 is 0.968 bits per heavy atom. The Morgan fingerprint density at radius 2 is 1.65 bits per heavy atom. The van der Waals surface area contributed by atoms with Gasteiger partial charge in [0, 0.05) is 56.9 Å². The molecular weight excluding hydrogens is 397 g/mol. The van der Waals surface area contributed by atoms with Crippen LogP contribution >= 0.6 is 0 Å². The normalized spacial score (nSPS) is 19.9. The summed E-state index contributed by atoms with van der Waals surface area (Å²) < 4.78 is 24.7. The van der Waals surface area contributed by atoms with Crippen LogP contribution in [0.4, 0.5) is 10.1 Å². The van der Waals surface area contributed by atoms with Crippen molar-refractivity contribution in [2.75, 3.05) is 58.4 Å². The van der Waals surface area contributed by atoms with Crippen LogP contribution in [0.5, 0.6) is 11.5 Å². The molecule has 2 aliphatic rings. The maximum atomic E-state index is 14.1. The number of piperidine rings is 1. The van der Waals surface area contributed by atoms with Gasteiger partial charge < -0.3 is 19.3 Å². The number of benzene rings is 2. The Morgan fingerprint density at radius 3 is 2.29 bits per heavy atom. The molecule has 4 rings (SSSR count). The summed E-state index contributed by atoms with van der Waals surface area (Å²) in [6.07, 6.45) is 2.05. The fourth-order valence-electron chi connectivity index (χ4n) is 4.59. The first kappa shape index (κ1) is 21.4. The van der Waals surface area contributed by atoms with Crippen molar-refractivity contribution in [2.24, 2.45) is 0 Å². The van der Waals surface area contributed by atoms with Gasteiger partial charge in [0.05, 0.1) is 19.9 Å². The number of halogens is 1. The molecule has 2 aromatic rings. The third-order valence-corrected chi connectivity index (χ3v) is 6.31. The van der Waals surface area contributed by atoms with E-state index < -0.39 is 0 Å². The van der Waals surface area contributed by atoms with Gasteiger partial charge >= 0.3 is 0 Å². The monoisotopic (exact) mass is 427 g/mol. The van der Waals surface area contributed by atoms with Crippen molar-refractivity contribution in [2.45, 2.75) is 18.9 Å². The molecule has 2 heterocycles. The highest BCUT2D eigenvalue weighted by molar-refractivity contribution is 5.95. The highest BCUT2D eigenvalue weighted by Crippen LogP contribution is 2.26. The number of para-hydroxylation sites is 1. The molecule has 0 bridgehead atoms. The quantitative estimate of drug-likeness (QED) is 0.733. The second kappa shape index (κ2) is 9.56. The molecule has 2 fully saturated rings. The molecule has 0 N–H and O–H groups in total. The molecule has 2 aliphatic heterocycles. The summed E-state index contributed by atoms with van der Waals surface area (Å²) >= 11 is 0. The van der Waals surface area contributed by atoms with Crippen LogP contribution in [0.15, 0.2) is 42.5 Å². The molecule has 166 valence electrons. The van der Waals surface area contributed by atoms with Crippen molar-refractivity contribution in [3.63, 3.8) is 0 Å². The minimum absolute atomic E-state index is 0.00638. The van der Waals surface area contributed by atoms with Crippen molar-refractivity contribution in [3.05, 3.63) is 53.8 Å². The van der Waals surface area contributed by atoms with Gasteiger partial charge in [0.15, 0.2) is 0 Å². The fraction of sp³-hybridized carbons (Fsp3) is 0.458. The maximum absolute atomic E-state index is 14.1. The maximum Gasteiger partial charge on any atom is 0.254 e. The van der Waals surface area contributed by atoms with Gasteiger partial charge in [-0.3, -0.25) is 9.69 Å². The van der Waals surface area contributed by atoms with Gasteiger partial charge in [-0.1, -0.05) is 12.1 Å². The van der Waals surface area contributed by atoms with Crippen LogP contribution in [0.2, 0.25) is 0 Å². The predicted molar refractivity (Wildman–Crippen MR) is 119 cm³/mol. The molecule has 2 saturated heterocycles. The Bertz CT molecular complexity index is 892. The summed E-state index contributed by atoms with van der Waals surface area (Å²) in [5, 5.41) is 0.